The van der Waals surface area contributed by atoms with Crippen molar-refractivity contribution >= 4 is 11.6 Å². The Bertz CT molecular complexity index is 610. The standard InChI is InChI=1S/C18H19NO2/c20-18(11-6-14-21-16-8-2-1-3-9-16)19-13-12-15-7-4-5-10-17(15)19/h1-5,7-10H,6,11-14H2. The van der Waals surface area contributed by atoms with Gasteiger partial charge in [-0.3, -0.25) is 4.79 Å². The lowest BCUT2D eigenvalue weighted by atomic mass is 10.2. The smallest absolute Gasteiger partial charge is 0.227 e. The summed E-state index contributed by atoms with van der Waals surface area (Å²) in [4.78, 5) is 14.2. The van der Waals surface area contributed by atoms with Crippen molar-refractivity contribution in [2.24, 2.45) is 0 Å². The van der Waals surface area contributed by atoms with Crippen LogP contribution in [0.5, 0.6) is 5.75 Å². The van der Waals surface area contributed by atoms with Gasteiger partial charge in [0.05, 0.1) is 6.61 Å². The Morgan fingerprint density at radius 3 is 2.67 bits per heavy atom. The number of hydrogen-bond donors (Lipinski definition) is 0. The van der Waals surface area contributed by atoms with Gasteiger partial charge in [0.2, 0.25) is 5.91 Å². The molecule has 3 nitrogen and oxygen atoms in total. The number of nitrogens with zero attached hydrogens (tertiary/aromatic N) is 1. The molecule has 1 amide bonds. The van der Waals surface area contributed by atoms with E-state index in [2.05, 4.69) is 6.07 Å². The van der Waals surface area contributed by atoms with E-state index >= 15 is 0 Å². The van der Waals surface area contributed by atoms with Gasteiger partial charge < -0.3 is 9.64 Å². The first-order valence-corrected chi connectivity index (χ1v) is 7.41. The Labute approximate surface area is 125 Å². The average Bonchev–Trinajstić information content (AvgIpc) is 2.96. The van der Waals surface area contributed by atoms with Crippen LogP contribution in [0.15, 0.2) is 54.6 Å². The maximum absolute atomic E-state index is 12.3. The Kier molecular flexibility index (Phi) is 4.20. The Balaban J connectivity index is 1.47. The second-order valence-electron chi connectivity index (χ2n) is 5.19. The number of ether oxygens (including phenoxy) is 1. The molecular formula is C18H19NO2. The van der Waals surface area contributed by atoms with Gasteiger partial charge in [-0.1, -0.05) is 36.4 Å². The summed E-state index contributed by atoms with van der Waals surface area (Å²) < 4.78 is 5.62. The van der Waals surface area contributed by atoms with E-state index in [4.69, 9.17) is 4.74 Å². The number of benzene rings is 2. The Morgan fingerprint density at radius 1 is 1.05 bits per heavy atom. The normalized spacial score (nSPS) is 13.0. The molecule has 0 radical (unpaired) electrons. The number of carbonyl (C=O) groups is 1. The molecule has 1 heterocycles. The van der Waals surface area contributed by atoms with Crippen molar-refractivity contribution in [3.8, 4) is 5.75 Å². The third kappa shape index (κ3) is 3.24. The van der Waals surface area contributed by atoms with Gasteiger partial charge in [-0.2, -0.15) is 0 Å². The molecule has 21 heavy (non-hydrogen) atoms. The van der Waals surface area contributed by atoms with Crippen LogP contribution in [-0.4, -0.2) is 19.1 Å². The van der Waals surface area contributed by atoms with E-state index in [1.165, 1.54) is 5.56 Å². The maximum atomic E-state index is 12.3. The number of amides is 1. The van der Waals surface area contributed by atoms with Crippen LogP contribution in [0.2, 0.25) is 0 Å². The quantitative estimate of drug-likeness (QED) is 0.786. The lowest BCUT2D eigenvalue weighted by molar-refractivity contribution is -0.118. The first kappa shape index (κ1) is 13.7. The van der Waals surface area contributed by atoms with Gasteiger partial charge >= 0.3 is 0 Å². The molecule has 0 unspecified atom stereocenters. The molecule has 2 aromatic rings. The lowest BCUT2D eigenvalue weighted by Crippen LogP contribution is -2.28. The van der Waals surface area contributed by atoms with Crippen molar-refractivity contribution in [1.82, 2.24) is 0 Å². The minimum Gasteiger partial charge on any atom is -0.494 e. The molecule has 0 atom stereocenters. The molecule has 0 aromatic heterocycles. The molecule has 0 bridgehead atoms. The summed E-state index contributed by atoms with van der Waals surface area (Å²) in [5.41, 5.74) is 2.35. The molecule has 2 aromatic carbocycles. The number of anilines is 1. The minimum absolute atomic E-state index is 0.191. The average molecular weight is 281 g/mol. The van der Waals surface area contributed by atoms with Gasteiger partial charge in [-0.25, -0.2) is 0 Å². The molecule has 0 saturated heterocycles. The first-order chi connectivity index (χ1) is 10.3. The van der Waals surface area contributed by atoms with Gasteiger partial charge in [0.25, 0.3) is 0 Å². The highest BCUT2D eigenvalue weighted by atomic mass is 16.5. The second kappa shape index (κ2) is 6.44. The molecule has 0 aliphatic carbocycles. The topological polar surface area (TPSA) is 29.5 Å². The number of rotatable bonds is 5. The largest absolute Gasteiger partial charge is 0.494 e. The van der Waals surface area contributed by atoms with Crippen molar-refractivity contribution in [2.75, 3.05) is 18.1 Å². The summed E-state index contributed by atoms with van der Waals surface area (Å²) in [6.45, 7) is 1.38. The van der Waals surface area contributed by atoms with Crippen LogP contribution in [0.4, 0.5) is 5.69 Å². The van der Waals surface area contributed by atoms with E-state index < -0.39 is 0 Å². The predicted octanol–water partition coefficient (Wildman–Crippen LogP) is 3.43. The van der Waals surface area contributed by atoms with Crippen molar-refractivity contribution in [3.05, 3.63) is 60.2 Å². The fourth-order valence-corrected chi connectivity index (χ4v) is 2.66. The molecule has 0 N–H and O–H groups in total. The van der Waals surface area contributed by atoms with E-state index in [9.17, 15) is 4.79 Å². The van der Waals surface area contributed by atoms with Crippen LogP contribution >= 0.6 is 0 Å². The van der Waals surface area contributed by atoms with Gasteiger partial charge in [0, 0.05) is 18.7 Å². The number of hydrogen-bond acceptors (Lipinski definition) is 2. The van der Waals surface area contributed by atoms with Gasteiger partial charge in [0.1, 0.15) is 5.75 Å². The molecular weight excluding hydrogens is 262 g/mol. The molecule has 0 saturated carbocycles. The second-order valence-corrected chi connectivity index (χ2v) is 5.19. The fraction of sp³-hybridized carbons (Fsp3) is 0.278. The van der Waals surface area contributed by atoms with Crippen molar-refractivity contribution < 1.29 is 9.53 Å². The summed E-state index contributed by atoms with van der Waals surface area (Å²) in [5, 5.41) is 0. The SMILES string of the molecule is O=C(CCCOc1ccccc1)N1CCc2ccccc21. The number of carbonyl (C=O) groups excluding carboxylic acids is 1. The van der Waals surface area contributed by atoms with Crippen LogP contribution in [-0.2, 0) is 11.2 Å². The highest BCUT2D eigenvalue weighted by molar-refractivity contribution is 5.95. The van der Waals surface area contributed by atoms with Crippen LogP contribution in [0.1, 0.15) is 18.4 Å². The van der Waals surface area contributed by atoms with Crippen molar-refractivity contribution in [3.63, 3.8) is 0 Å². The summed E-state index contributed by atoms with van der Waals surface area (Å²) in [5.74, 6) is 1.05. The van der Waals surface area contributed by atoms with E-state index in [1.807, 2.05) is 53.4 Å². The molecule has 3 heteroatoms. The summed E-state index contributed by atoms with van der Waals surface area (Å²) in [7, 11) is 0. The van der Waals surface area contributed by atoms with Crippen LogP contribution in [0, 0.1) is 0 Å². The third-order valence-electron chi connectivity index (χ3n) is 3.74. The first-order valence-electron chi connectivity index (χ1n) is 7.41. The predicted molar refractivity (Wildman–Crippen MR) is 83.7 cm³/mol. The lowest BCUT2D eigenvalue weighted by Gasteiger charge is -2.17. The fourth-order valence-electron chi connectivity index (χ4n) is 2.66. The van der Waals surface area contributed by atoms with Gasteiger partial charge in [-0.05, 0) is 36.6 Å². The molecule has 1 aliphatic rings. The maximum Gasteiger partial charge on any atom is 0.227 e. The summed E-state index contributed by atoms with van der Waals surface area (Å²) >= 11 is 0. The highest BCUT2D eigenvalue weighted by Crippen LogP contribution is 2.28. The summed E-state index contributed by atoms with van der Waals surface area (Å²) in [6.07, 6.45) is 2.23. The zero-order chi connectivity index (χ0) is 14.5. The molecule has 108 valence electrons. The molecule has 1 aliphatic heterocycles. The summed E-state index contributed by atoms with van der Waals surface area (Å²) in [6, 6.07) is 17.9. The molecule has 3 rings (SSSR count). The van der Waals surface area contributed by atoms with Crippen molar-refractivity contribution in [2.45, 2.75) is 19.3 Å². The number of para-hydroxylation sites is 2. The van der Waals surface area contributed by atoms with Gasteiger partial charge in [0.15, 0.2) is 0 Å². The van der Waals surface area contributed by atoms with Crippen molar-refractivity contribution in [1.29, 1.82) is 0 Å². The van der Waals surface area contributed by atoms with E-state index in [0.717, 1.165) is 30.8 Å². The Morgan fingerprint density at radius 2 is 1.81 bits per heavy atom. The zero-order valence-electron chi connectivity index (χ0n) is 12.0. The molecule has 0 fully saturated rings. The van der Waals surface area contributed by atoms with E-state index in [0.29, 0.717) is 13.0 Å². The van der Waals surface area contributed by atoms with Crippen LogP contribution < -0.4 is 9.64 Å². The monoisotopic (exact) mass is 281 g/mol. The van der Waals surface area contributed by atoms with Crippen LogP contribution in [0.3, 0.4) is 0 Å². The number of fused-ring (bicyclic) bond motifs is 1. The molecule has 0 spiro atoms. The zero-order valence-corrected chi connectivity index (χ0v) is 12.0. The third-order valence-corrected chi connectivity index (χ3v) is 3.74. The van der Waals surface area contributed by atoms with E-state index in [-0.39, 0.29) is 5.91 Å². The van der Waals surface area contributed by atoms with E-state index in [1.54, 1.807) is 0 Å². The van der Waals surface area contributed by atoms with Crippen LogP contribution in [0.25, 0.3) is 0 Å². The highest BCUT2D eigenvalue weighted by Gasteiger charge is 2.23. The Hall–Kier alpha value is -2.29. The minimum atomic E-state index is 0.191. The van der Waals surface area contributed by atoms with Gasteiger partial charge in [-0.15, -0.1) is 0 Å².